The maximum atomic E-state index is 6.08. The third-order valence-corrected chi connectivity index (χ3v) is 2.55. The van der Waals surface area contributed by atoms with Crippen LogP contribution < -0.4 is 5.73 Å². The number of nitrogens with one attached hydrogen (secondary N) is 1. The van der Waals surface area contributed by atoms with Crippen molar-refractivity contribution in [2.24, 2.45) is 5.73 Å². The number of H-pyrrole nitrogens is 1. The lowest BCUT2D eigenvalue weighted by Gasteiger charge is -2.10. The van der Waals surface area contributed by atoms with E-state index in [-0.39, 0.29) is 6.04 Å². The molecule has 0 bridgehead atoms. The van der Waals surface area contributed by atoms with Crippen LogP contribution in [0.1, 0.15) is 29.7 Å². The van der Waals surface area contributed by atoms with E-state index < -0.39 is 0 Å². The number of aryl methyl sites for hydroxylation is 2. The van der Waals surface area contributed by atoms with Gasteiger partial charge in [0.05, 0.1) is 0 Å². The fourth-order valence-electron chi connectivity index (χ4n) is 1.65. The molecule has 0 aliphatic heterocycles. The molecule has 4 nitrogen and oxygen atoms in total. The van der Waals surface area contributed by atoms with Crippen molar-refractivity contribution in [3.05, 3.63) is 47.5 Å². The summed E-state index contributed by atoms with van der Waals surface area (Å²) in [6.45, 7) is 1.90. The second kappa shape index (κ2) is 4.90. The molecule has 0 saturated carbocycles. The summed E-state index contributed by atoms with van der Waals surface area (Å²) >= 11 is 0. The Bertz CT molecular complexity index is 435. The van der Waals surface area contributed by atoms with Gasteiger partial charge in [-0.3, -0.25) is 5.10 Å². The summed E-state index contributed by atoms with van der Waals surface area (Å²) in [5, 5.41) is 6.92. The first-order chi connectivity index (χ1) is 7.75. The molecule has 0 aliphatic rings. The van der Waals surface area contributed by atoms with Crippen molar-refractivity contribution in [1.29, 1.82) is 0 Å². The van der Waals surface area contributed by atoms with Gasteiger partial charge in [-0.25, -0.2) is 4.98 Å². The Morgan fingerprint density at radius 1 is 1.31 bits per heavy atom. The number of aromatic amines is 1. The van der Waals surface area contributed by atoms with Crippen molar-refractivity contribution < 1.29 is 0 Å². The maximum absolute atomic E-state index is 6.08. The van der Waals surface area contributed by atoms with Gasteiger partial charge in [0.2, 0.25) is 0 Å². The van der Waals surface area contributed by atoms with E-state index in [1.54, 1.807) is 0 Å². The van der Waals surface area contributed by atoms with Gasteiger partial charge in [0.1, 0.15) is 5.82 Å². The van der Waals surface area contributed by atoms with Gasteiger partial charge in [-0.05, 0) is 18.9 Å². The van der Waals surface area contributed by atoms with E-state index in [0.29, 0.717) is 0 Å². The molecule has 16 heavy (non-hydrogen) atoms. The largest absolute Gasteiger partial charge is 0.324 e. The average Bonchev–Trinajstić information content (AvgIpc) is 2.73. The number of aromatic nitrogens is 3. The highest BCUT2D eigenvalue weighted by Gasteiger charge is 2.07. The van der Waals surface area contributed by atoms with Gasteiger partial charge in [0, 0.05) is 12.5 Å². The summed E-state index contributed by atoms with van der Waals surface area (Å²) in [5.41, 5.74) is 7.25. The van der Waals surface area contributed by atoms with E-state index >= 15 is 0 Å². The van der Waals surface area contributed by atoms with Crippen LogP contribution in [0.5, 0.6) is 0 Å². The van der Waals surface area contributed by atoms with Gasteiger partial charge in [-0.1, -0.05) is 30.3 Å². The zero-order valence-corrected chi connectivity index (χ0v) is 9.35. The lowest BCUT2D eigenvalue weighted by atomic mass is 10.0. The molecule has 0 spiro atoms. The standard InChI is InChI=1S/C12H16N4/c1-9-14-12(16-15-9)8-7-11(13)10-5-3-2-4-6-10/h2-6,11H,7-8,13H2,1H3,(H,14,15,16). The Morgan fingerprint density at radius 3 is 2.69 bits per heavy atom. The summed E-state index contributed by atoms with van der Waals surface area (Å²) in [7, 11) is 0. The fourth-order valence-corrected chi connectivity index (χ4v) is 1.65. The summed E-state index contributed by atoms with van der Waals surface area (Å²) in [5.74, 6) is 1.69. The highest BCUT2D eigenvalue weighted by atomic mass is 15.2. The van der Waals surface area contributed by atoms with Crippen molar-refractivity contribution in [2.45, 2.75) is 25.8 Å². The number of rotatable bonds is 4. The van der Waals surface area contributed by atoms with Gasteiger partial charge in [-0.15, -0.1) is 0 Å². The number of hydrogen-bond acceptors (Lipinski definition) is 3. The first-order valence-electron chi connectivity index (χ1n) is 5.44. The quantitative estimate of drug-likeness (QED) is 0.818. The van der Waals surface area contributed by atoms with Crippen LogP contribution >= 0.6 is 0 Å². The van der Waals surface area contributed by atoms with Crippen LogP contribution in [0.2, 0.25) is 0 Å². The minimum absolute atomic E-state index is 0.0556. The van der Waals surface area contributed by atoms with Crippen LogP contribution in [0, 0.1) is 6.92 Å². The lowest BCUT2D eigenvalue weighted by Crippen LogP contribution is -2.11. The van der Waals surface area contributed by atoms with Crippen LogP contribution in [-0.2, 0) is 6.42 Å². The van der Waals surface area contributed by atoms with Crippen LogP contribution in [0.3, 0.4) is 0 Å². The van der Waals surface area contributed by atoms with E-state index in [1.165, 1.54) is 0 Å². The van der Waals surface area contributed by atoms with E-state index in [2.05, 4.69) is 15.2 Å². The smallest absolute Gasteiger partial charge is 0.150 e. The molecule has 0 fully saturated rings. The van der Waals surface area contributed by atoms with Crippen LogP contribution in [0.4, 0.5) is 0 Å². The Balaban J connectivity index is 1.91. The Kier molecular flexibility index (Phi) is 3.31. The molecule has 1 heterocycles. The predicted octanol–water partition coefficient (Wildman–Crippen LogP) is 1.75. The molecule has 2 rings (SSSR count). The van der Waals surface area contributed by atoms with Gasteiger partial charge in [0.25, 0.3) is 0 Å². The van der Waals surface area contributed by atoms with Gasteiger partial charge in [-0.2, -0.15) is 5.10 Å². The average molecular weight is 216 g/mol. The Hall–Kier alpha value is -1.68. The second-order valence-electron chi connectivity index (χ2n) is 3.89. The predicted molar refractivity (Wildman–Crippen MR) is 62.8 cm³/mol. The molecule has 0 radical (unpaired) electrons. The Labute approximate surface area is 94.9 Å². The molecule has 0 aliphatic carbocycles. The zero-order valence-electron chi connectivity index (χ0n) is 9.35. The zero-order chi connectivity index (χ0) is 11.4. The summed E-state index contributed by atoms with van der Waals surface area (Å²) < 4.78 is 0. The highest BCUT2D eigenvalue weighted by molar-refractivity contribution is 5.18. The molecule has 0 saturated heterocycles. The lowest BCUT2D eigenvalue weighted by molar-refractivity contribution is 0.635. The SMILES string of the molecule is Cc1nc(CCC(N)c2ccccc2)n[nH]1. The van der Waals surface area contributed by atoms with Crippen molar-refractivity contribution >= 4 is 0 Å². The molecular weight excluding hydrogens is 200 g/mol. The van der Waals surface area contributed by atoms with Crippen molar-refractivity contribution in [1.82, 2.24) is 15.2 Å². The normalized spacial score (nSPS) is 12.6. The molecule has 1 aromatic carbocycles. The molecule has 1 unspecified atom stereocenters. The topological polar surface area (TPSA) is 67.6 Å². The molecule has 1 aromatic heterocycles. The molecule has 84 valence electrons. The summed E-state index contributed by atoms with van der Waals surface area (Å²) in [4.78, 5) is 4.25. The third-order valence-electron chi connectivity index (χ3n) is 2.55. The molecule has 3 N–H and O–H groups in total. The number of nitrogens with zero attached hydrogens (tertiary/aromatic N) is 2. The second-order valence-corrected chi connectivity index (χ2v) is 3.89. The van der Waals surface area contributed by atoms with E-state index in [4.69, 9.17) is 5.73 Å². The van der Waals surface area contributed by atoms with E-state index in [9.17, 15) is 0 Å². The maximum Gasteiger partial charge on any atom is 0.150 e. The van der Waals surface area contributed by atoms with Crippen LogP contribution in [0.15, 0.2) is 30.3 Å². The fraction of sp³-hybridized carbons (Fsp3) is 0.333. The number of benzene rings is 1. The monoisotopic (exact) mass is 216 g/mol. The first-order valence-corrected chi connectivity index (χ1v) is 5.44. The first kappa shape index (κ1) is 10.8. The minimum atomic E-state index is 0.0556. The van der Waals surface area contributed by atoms with Gasteiger partial charge in [0.15, 0.2) is 5.82 Å². The number of nitrogens with two attached hydrogens (primary N) is 1. The molecule has 4 heteroatoms. The van der Waals surface area contributed by atoms with Crippen LogP contribution in [-0.4, -0.2) is 15.2 Å². The summed E-state index contributed by atoms with van der Waals surface area (Å²) in [6.07, 6.45) is 1.67. The van der Waals surface area contributed by atoms with Gasteiger partial charge >= 0.3 is 0 Å². The van der Waals surface area contributed by atoms with Crippen molar-refractivity contribution in [3.8, 4) is 0 Å². The molecule has 2 aromatic rings. The molecule has 0 amide bonds. The molecular formula is C12H16N4. The van der Waals surface area contributed by atoms with E-state index in [0.717, 1.165) is 30.1 Å². The molecule has 1 atom stereocenters. The van der Waals surface area contributed by atoms with Gasteiger partial charge < -0.3 is 5.73 Å². The van der Waals surface area contributed by atoms with Crippen molar-refractivity contribution in [3.63, 3.8) is 0 Å². The third kappa shape index (κ3) is 2.67. The number of hydrogen-bond donors (Lipinski definition) is 2. The minimum Gasteiger partial charge on any atom is -0.324 e. The van der Waals surface area contributed by atoms with Crippen LogP contribution in [0.25, 0.3) is 0 Å². The van der Waals surface area contributed by atoms with E-state index in [1.807, 2.05) is 37.3 Å². The highest BCUT2D eigenvalue weighted by Crippen LogP contribution is 2.14. The summed E-state index contributed by atoms with van der Waals surface area (Å²) in [6, 6.07) is 10.2. The Morgan fingerprint density at radius 2 is 2.06 bits per heavy atom. The van der Waals surface area contributed by atoms with Crippen molar-refractivity contribution in [2.75, 3.05) is 0 Å².